The van der Waals surface area contributed by atoms with Crippen LogP contribution in [0.5, 0.6) is 0 Å². The molecule has 1 fully saturated rings. The lowest BCUT2D eigenvalue weighted by Gasteiger charge is -2.22. The first-order chi connectivity index (χ1) is 11.8. The highest BCUT2D eigenvalue weighted by Gasteiger charge is 2.40. The fraction of sp³-hybridized carbons (Fsp3) is 0.312. The highest BCUT2D eigenvalue weighted by Crippen LogP contribution is 2.35. The zero-order chi connectivity index (χ0) is 18.6. The van der Waals surface area contributed by atoms with Gasteiger partial charge >= 0.3 is 5.97 Å². The van der Waals surface area contributed by atoms with E-state index in [0.29, 0.717) is 23.3 Å². The number of thioether (sulfide) groups is 1. The maximum atomic E-state index is 12.6. The molecule has 1 N–H and O–H groups in total. The van der Waals surface area contributed by atoms with Gasteiger partial charge in [0.2, 0.25) is 0 Å². The Labute approximate surface area is 153 Å². The van der Waals surface area contributed by atoms with Gasteiger partial charge in [0.05, 0.1) is 9.83 Å². The fourth-order valence-electron chi connectivity index (χ4n) is 2.35. The lowest BCUT2D eigenvalue weighted by molar-refractivity contribution is -0.384. The van der Waals surface area contributed by atoms with Crippen LogP contribution in [0.3, 0.4) is 0 Å². The molecule has 1 heterocycles. The monoisotopic (exact) mass is 380 g/mol. The van der Waals surface area contributed by atoms with Gasteiger partial charge in [-0.3, -0.25) is 19.8 Å². The van der Waals surface area contributed by atoms with E-state index in [1.165, 1.54) is 24.3 Å². The summed E-state index contributed by atoms with van der Waals surface area (Å²) in [6.07, 6.45) is 3.39. The van der Waals surface area contributed by atoms with Gasteiger partial charge in [0.15, 0.2) is 0 Å². The largest absolute Gasteiger partial charge is 0.480 e. The lowest BCUT2D eigenvalue weighted by atomic mass is 10.1. The molecule has 1 aromatic carbocycles. The number of benzene rings is 1. The minimum atomic E-state index is -1.08. The Morgan fingerprint density at radius 2 is 2.08 bits per heavy atom. The molecule has 0 aliphatic carbocycles. The molecule has 0 radical (unpaired) electrons. The predicted octanol–water partition coefficient (Wildman–Crippen LogP) is 3.44. The van der Waals surface area contributed by atoms with Crippen LogP contribution in [-0.4, -0.2) is 37.2 Å². The van der Waals surface area contributed by atoms with Gasteiger partial charge in [-0.25, -0.2) is 4.79 Å². The zero-order valence-corrected chi connectivity index (χ0v) is 15.0. The number of carbonyl (C=O) groups excluding carboxylic acids is 1. The number of nitrogens with zero attached hydrogens (tertiary/aromatic N) is 2. The van der Waals surface area contributed by atoms with Gasteiger partial charge in [0.25, 0.3) is 11.6 Å². The highest BCUT2D eigenvalue weighted by molar-refractivity contribution is 8.26. The summed E-state index contributed by atoms with van der Waals surface area (Å²) in [4.78, 5) is 35.7. The molecule has 0 spiro atoms. The van der Waals surface area contributed by atoms with Crippen LogP contribution in [0.25, 0.3) is 6.08 Å². The molecular formula is C16H16N2O5S2. The fourth-order valence-corrected chi connectivity index (χ4v) is 3.71. The Balaban J connectivity index is 2.24. The first kappa shape index (κ1) is 19.1. The summed E-state index contributed by atoms with van der Waals surface area (Å²) >= 11 is 6.22. The molecule has 25 heavy (non-hydrogen) atoms. The number of carbonyl (C=O) groups is 2. The molecular weight excluding hydrogens is 364 g/mol. The van der Waals surface area contributed by atoms with Crippen molar-refractivity contribution in [1.29, 1.82) is 0 Å². The van der Waals surface area contributed by atoms with Gasteiger partial charge < -0.3 is 5.11 Å². The third kappa shape index (κ3) is 4.43. The van der Waals surface area contributed by atoms with Crippen LogP contribution < -0.4 is 0 Å². The van der Waals surface area contributed by atoms with Gasteiger partial charge in [0, 0.05) is 12.1 Å². The smallest absolute Gasteiger partial charge is 0.326 e. The van der Waals surface area contributed by atoms with Crippen molar-refractivity contribution >= 4 is 51.9 Å². The van der Waals surface area contributed by atoms with E-state index in [-0.39, 0.29) is 10.0 Å². The molecule has 0 aromatic heterocycles. The van der Waals surface area contributed by atoms with Gasteiger partial charge in [0.1, 0.15) is 10.4 Å². The molecule has 132 valence electrons. The molecule has 1 atom stereocenters. The zero-order valence-electron chi connectivity index (χ0n) is 13.4. The number of carboxylic acids is 1. The van der Waals surface area contributed by atoms with Crippen molar-refractivity contribution < 1.29 is 19.6 Å². The van der Waals surface area contributed by atoms with Crippen molar-refractivity contribution in [3.63, 3.8) is 0 Å². The number of rotatable bonds is 7. The number of nitro groups is 1. The third-order valence-corrected chi connectivity index (χ3v) is 4.98. The molecule has 1 amide bonds. The maximum absolute atomic E-state index is 12.6. The second kappa shape index (κ2) is 8.21. The molecule has 1 aliphatic rings. The van der Waals surface area contributed by atoms with Gasteiger partial charge in [-0.15, -0.1) is 0 Å². The molecule has 0 saturated carbocycles. The number of hydrogen-bond donors (Lipinski definition) is 1. The van der Waals surface area contributed by atoms with Crippen LogP contribution in [0.1, 0.15) is 31.7 Å². The second-order valence-electron chi connectivity index (χ2n) is 5.40. The van der Waals surface area contributed by atoms with E-state index in [0.717, 1.165) is 23.1 Å². The SMILES string of the molecule is CCCCC(C(=O)O)N1C(=O)C(=Cc2ccc([N+](=O)[O-])cc2)SC1=S. The minimum Gasteiger partial charge on any atom is -0.480 e. The normalized spacial score (nSPS) is 17.2. The van der Waals surface area contributed by atoms with Crippen molar-refractivity contribution in [2.24, 2.45) is 0 Å². The summed E-state index contributed by atoms with van der Waals surface area (Å²) in [5.74, 6) is -1.53. The average Bonchev–Trinajstić information content (AvgIpc) is 2.83. The van der Waals surface area contributed by atoms with Crippen molar-refractivity contribution in [2.45, 2.75) is 32.2 Å². The van der Waals surface area contributed by atoms with E-state index in [1.807, 2.05) is 6.92 Å². The number of amides is 1. The molecule has 1 aliphatic heterocycles. The van der Waals surface area contributed by atoms with E-state index in [4.69, 9.17) is 12.2 Å². The van der Waals surface area contributed by atoms with Crippen molar-refractivity contribution in [3.8, 4) is 0 Å². The summed E-state index contributed by atoms with van der Waals surface area (Å²) in [7, 11) is 0. The Morgan fingerprint density at radius 3 is 2.60 bits per heavy atom. The molecule has 2 rings (SSSR count). The highest BCUT2D eigenvalue weighted by atomic mass is 32.2. The second-order valence-corrected chi connectivity index (χ2v) is 7.07. The first-order valence-corrected chi connectivity index (χ1v) is 8.82. The van der Waals surface area contributed by atoms with E-state index in [2.05, 4.69) is 0 Å². The number of non-ortho nitro benzene ring substituents is 1. The van der Waals surface area contributed by atoms with Crippen molar-refractivity contribution in [1.82, 2.24) is 4.90 Å². The summed E-state index contributed by atoms with van der Waals surface area (Å²) in [5, 5.41) is 20.1. The molecule has 9 heteroatoms. The van der Waals surface area contributed by atoms with E-state index < -0.39 is 22.8 Å². The van der Waals surface area contributed by atoms with Crippen LogP contribution in [-0.2, 0) is 9.59 Å². The molecule has 0 bridgehead atoms. The summed E-state index contributed by atoms with van der Waals surface area (Å²) in [5.41, 5.74) is 0.557. The van der Waals surface area contributed by atoms with Crippen LogP contribution >= 0.6 is 24.0 Å². The predicted molar refractivity (Wildman–Crippen MR) is 99.1 cm³/mol. The average molecular weight is 380 g/mol. The Morgan fingerprint density at radius 1 is 1.44 bits per heavy atom. The summed E-state index contributed by atoms with van der Waals surface area (Å²) in [6, 6.07) is 4.75. The van der Waals surface area contributed by atoms with E-state index in [9.17, 15) is 24.8 Å². The molecule has 1 saturated heterocycles. The molecule has 7 nitrogen and oxygen atoms in total. The lowest BCUT2D eigenvalue weighted by Crippen LogP contribution is -2.43. The van der Waals surface area contributed by atoms with Crippen LogP contribution in [0, 0.1) is 10.1 Å². The quantitative estimate of drug-likeness (QED) is 0.335. The number of carboxylic acid groups (broad SMARTS) is 1. The Hall–Kier alpha value is -2.26. The number of hydrogen-bond acceptors (Lipinski definition) is 6. The van der Waals surface area contributed by atoms with Crippen LogP contribution in [0.4, 0.5) is 5.69 Å². The minimum absolute atomic E-state index is 0.0461. The Kier molecular flexibility index (Phi) is 6.27. The summed E-state index contributed by atoms with van der Waals surface area (Å²) < 4.78 is 0.210. The van der Waals surface area contributed by atoms with Gasteiger partial charge in [-0.2, -0.15) is 0 Å². The third-order valence-electron chi connectivity index (χ3n) is 3.65. The van der Waals surface area contributed by atoms with Crippen molar-refractivity contribution in [2.75, 3.05) is 0 Å². The maximum Gasteiger partial charge on any atom is 0.326 e. The number of nitro benzene ring substituents is 1. The van der Waals surface area contributed by atoms with E-state index in [1.54, 1.807) is 6.08 Å². The van der Waals surface area contributed by atoms with E-state index >= 15 is 0 Å². The van der Waals surface area contributed by atoms with Crippen LogP contribution in [0.2, 0.25) is 0 Å². The molecule has 1 unspecified atom stereocenters. The number of aliphatic carboxylic acids is 1. The number of thiocarbonyl (C=S) groups is 1. The topological polar surface area (TPSA) is 101 Å². The van der Waals surface area contributed by atoms with Gasteiger partial charge in [-0.05, 0) is 30.2 Å². The Bertz CT molecular complexity index is 745. The molecule has 1 aromatic rings. The first-order valence-electron chi connectivity index (χ1n) is 7.59. The van der Waals surface area contributed by atoms with Gasteiger partial charge in [-0.1, -0.05) is 43.7 Å². The summed E-state index contributed by atoms with van der Waals surface area (Å²) in [6.45, 7) is 1.94. The van der Waals surface area contributed by atoms with Crippen LogP contribution in [0.15, 0.2) is 29.2 Å². The van der Waals surface area contributed by atoms with Crippen molar-refractivity contribution in [3.05, 3.63) is 44.8 Å². The number of unbranched alkanes of at least 4 members (excludes halogenated alkanes) is 1. The standard InChI is InChI=1S/C16H16N2O5S2/c1-2-3-4-12(15(20)21)17-14(19)13(25-16(17)24)9-10-5-7-11(8-6-10)18(22)23/h5-9,12H,2-4H2,1H3,(H,20,21).